The predicted octanol–water partition coefficient (Wildman–Crippen LogP) is 3.21. The lowest BCUT2D eigenvalue weighted by molar-refractivity contribution is -0.114. The minimum absolute atomic E-state index is 0.0748. The van der Waals surface area contributed by atoms with E-state index in [4.69, 9.17) is 4.42 Å². The van der Waals surface area contributed by atoms with Crippen LogP contribution in [0.1, 0.15) is 12.5 Å². The summed E-state index contributed by atoms with van der Waals surface area (Å²) in [7, 11) is 0. The Kier molecular flexibility index (Phi) is 2.77. The molecule has 0 unspecified atom stereocenters. The highest BCUT2D eigenvalue weighted by Gasteiger charge is 2.06. The van der Waals surface area contributed by atoms with E-state index in [1.54, 1.807) is 6.26 Å². The molecule has 1 N–H and O–H groups in total. The molecule has 1 aromatic carbocycles. The van der Waals surface area contributed by atoms with Gasteiger partial charge in [-0.3, -0.25) is 4.79 Å². The summed E-state index contributed by atoms with van der Waals surface area (Å²) in [5, 5.41) is 2.75. The molecule has 2 rings (SSSR count). The fourth-order valence-electron chi connectivity index (χ4n) is 1.60. The van der Waals surface area contributed by atoms with Crippen LogP contribution >= 0.6 is 0 Å². The van der Waals surface area contributed by atoms with E-state index in [1.165, 1.54) is 6.92 Å². The summed E-state index contributed by atoms with van der Waals surface area (Å²) >= 11 is 0. The van der Waals surface area contributed by atoms with Crippen LogP contribution in [0.5, 0.6) is 0 Å². The first-order valence-electron chi connectivity index (χ1n) is 5.09. The Morgan fingerprint density at radius 2 is 2.12 bits per heavy atom. The quantitative estimate of drug-likeness (QED) is 0.835. The highest BCUT2D eigenvalue weighted by atomic mass is 16.3. The summed E-state index contributed by atoms with van der Waals surface area (Å²) in [6.45, 7) is 3.50. The molecule has 0 aliphatic rings. The molecule has 1 aromatic heterocycles. The van der Waals surface area contributed by atoms with Gasteiger partial charge in [0.25, 0.3) is 0 Å². The molecular formula is C13H13NO2. The lowest BCUT2D eigenvalue weighted by atomic mass is 10.1. The summed E-state index contributed by atoms with van der Waals surface area (Å²) in [5.41, 5.74) is 2.89. The van der Waals surface area contributed by atoms with Gasteiger partial charge in [-0.2, -0.15) is 0 Å². The molecule has 1 heterocycles. The summed E-state index contributed by atoms with van der Waals surface area (Å²) in [4.78, 5) is 11.0. The molecule has 0 spiro atoms. The Hall–Kier alpha value is -2.03. The van der Waals surface area contributed by atoms with Gasteiger partial charge in [0.1, 0.15) is 5.76 Å². The summed E-state index contributed by atoms with van der Waals surface area (Å²) in [6.07, 6.45) is 1.64. The molecule has 0 bridgehead atoms. The number of hydrogen-bond acceptors (Lipinski definition) is 2. The van der Waals surface area contributed by atoms with Crippen molar-refractivity contribution < 1.29 is 9.21 Å². The number of benzene rings is 1. The second kappa shape index (κ2) is 4.23. The van der Waals surface area contributed by atoms with Crippen molar-refractivity contribution in [3.05, 3.63) is 42.2 Å². The van der Waals surface area contributed by atoms with Crippen molar-refractivity contribution in [1.82, 2.24) is 0 Å². The topological polar surface area (TPSA) is 42.2 Å². The molecule has 0 radical (unpaired) electrons. The van der Waals surface area contributed by atoms with Crippen molar-refractivity contribution in [3.8, 4) is 11.3 Å². The zero-order chi connectivity index (χ0) is 11.5. The lowest BCUT2D eigenvalue weighted by Crippen LogP contribution is -2.05. The molecule has 0 aliphatic carbocycles. The van der Waals surface area contributed by atoms with Crippen LogP contribution in [-0.4, -0.2) is 5.91 Å². The van der Waals surface area contributed by atoms with Crippen LogP contribution in [0.25, 0.3) is 11.3 Å². The molecule has 2 aromatic rings. The predicted molar refractivity (Wildman–Crippen MR) is 63.2 cm³/mol. The zero-order valence-electron chi connectivity index (χ0n) is 9.28. The first-order chi connectivity index (χ1) is 7.66. The van der Waals surface area contributed by atoms with Gasteiger partial charge >= 0.3 is 0 Å². The maximum absolute atomic E-state index is 11.0. The normalized spacial score (nSPS) is 10.1. The maximum Gasteiger partial charge on any atom is 0.221 e. The second-order valence-corrected chi connectivity index (χ2v) is 3.69. The van der Waals surface area contributed by atoms with Crippen LogP contribution in [0, 0.1) is 6.92 Å². The number of furan rings is 1. The van der Waals surface area contributed by atoms with E-state index in [0.29, 0.717) is 0 Å². The highest BCUT2D eigenvalue weighted by Crippen LogP contribution is 2.26. The van der Waals surface area contributed by atoms with E-state index in [2.05, 4.69) is 5.32 Å². The number of carbonyl (C=O) groups excluding carboxylic acids is 1. The van der Waals surface area contributed by atoms with Crippen molar-refractivity contribution in [3.63, 3.8) is 0 Å². The number of aryl methyl sites for hydroxylation is 1. The van der Waals surface area contributed by atoms with Crippen molar-refractivity contribution in [2.75, 3.05) is 5.32 Å². The Morgan fingerprint density at radius 3 is 2.75 bits per heavy atom. The third-order valence-electron chi connectivity index (χ3n) is 2.34. The maximum atomic E-state index is 11.0. The van der Waals surface area contributed by atoms with Gasteiger partial charge in [-0.15, -0.1) is 0 Å². The second-order valence-electron chi connectivity index (χ2n) is 3.69. The molecule has 82 valence electrons. The fourth-order valence-corrected chi connectivity index (χ4v) is 1.60. The average molecular weight is 215 g/mol. The van der Waals surface area contributed by atoms with E-state index in [9.17, 15) is 4.79 Å². The minimum atomic E-state index is -0.0748. The molecule has 0 saturated carbocycles. The van der Waals surface area contributed by atoms with Crippen molar-refractivity contribution in [1.29, 1.82) is 0 Å². The lowest BCUT2D eigenvalue weighted by Gasteiger charge is -2.07. The van der Waals surface area contributed by atoms with Gasteiger partial charge < -0.3 is 9.73 Å². The summed E-state index contributed by atoms with van der Waals surface area (Å²) in [6, 6.07) is 9.50. The number of carbonyl (C=O) groups is 1. The minimum Gasteiger partial charge on any atom is -0.464 e. The van der Waals surface area contributed by atoms with Crippen molar-refractivity contribution in [2.45, 2.75) is 13.8 Å². The van der Waals surface area contributed by atoms with Crippen LogP contribution in [-0.2, 0) is 4.79 Å². The molecule has 0 fully saturated rings. The summed E-state index contributed by atoms with van der Waals surface area (Å²) < 4.78 is 5.35. The Bertz CT molecular complexity index is 501. The van der Waals surface area contributed by atoms with E-state index in [1.807, 2.05) is 37.3 Å². The molecule has 0 atom stereocenters. The van der Waals surface area contributed by atoms with Crippen LogP contribution in [0.2, 0.25) is 0 Å². The molecule has 3 nitrogen and oxygen atoms in total. The van der Waals surface area contributed by atoms with Crippen LogP contribution in [0.4, 0.5) is 5.69 Å². The van der Waals surface area contributed by atoms with Gasteiger partial charge in [0.15, 0.2) is 0 Å². The first kappa shape index (κ1) is 10.5. The number of nitrogens with one attached hydrogen (secondary N) is 1. The average Bonchev–Trinajstić information content (AvgIpc) is 2.73. The molecule has 16 heavy (non-hydrogen) atoms. The van der Waals surface area contributed by atoms with E-state index < -0.39 is 0 Å². The van der Waals surface area contributed by atoms with Gasteiger partial charge in [-0.25, -0.2) is 0 Å². The molecule has 1 amide bonds. The standard InChI is InChI=1S/C13H13NO2/c1-9-5-6-11(14-10(2)15)8-12(9)13-4-3-7-16-13/h3-8H,1-2H3,(H,14,15). The van der Waals surface area contributed by atoms with Gasteiger partial charge in [-0.05, 0) is 36.8 Å². The van der Waals surface area contributed by atoms with E-state index in [0.717, 1.165) is 22.6 Å². The first-order valence-corrected chi connectivity index (χ1v) is 5.09. The monoisotopic (exact) mass is 215 g/mol. The summed E-state index contributed by atoms with van der Waals surface area (Å²) in [5.74, 6) is 0.735. The van der Waals surface area contributed by atoms with E-state index >= 15 is 0 Å². The number of rotatable bonds is 2. The smallest absolute Gasteiger partial charge is 0.221 e. The number of hydrogen-bond donors (Lipinski definition) is 1. The largest absolute Gasteiger partial charge is 0.464 e. The Balaban J connectivity index is 2.41. The van der Waals surface area contributed by atoms with Gasteiger partial charge in [-0.1, -0.05) is 6.07 Å². The molecule has 0 saturated heterocycles. The van der Waals surface area contributed by atoms with Gasteiger partial charge in [0.2, 0.25) is 5.91 Å². The van der Waals surface area contributed by atoms with Crippen LogP contribution in [0.15, 0.2) is 41.0 Å². The molecule has 0 aliphatic heterocycles. The molecule has 3 heteroatoms. The number of amides is 1. The zero-order valence-corrected chi connectivity index (χ0v) is 9.28. The Morgan fingerprint density at radius 1 is 1.31 bits per heavy atom. The van der Waals surface area contributed by atoms with E-state index in [-0.39, 0.29) is 5.91 Å². The Labute approximate surface area is 94.1 Å². The van der Waals surface area contributed by atoms with Crippen LogP contribution < -0.4 is 5.32 Å². The van der Waals surface area contributed by atoms with Crippen molar-refractivity contribution >= 4 is 11.6 Å². The number of anilines is 1. The van der Waals surface area contributed by atoms with Crippen LogP contribution in [0.3, 0.4) is 0 Å². The third kappa shape index (κ3) is 2.14. The van der Waals surface area contributed by atoms with Crippen molar-refractivity contribution in [2.24, 2.45) is 0 Å². The van der Waals surface area contributed by atoms with Gasteiger partial charge in [0.05, 0.1) is 6.26 Å². The fraction of sp³-hybridized carbons (Fsp3) is 0.154. The van der Waals surface area contributed by atoms with Gasteiger partial charge in [0, 0.05) is 18.2 Å². The highest BCUT2D eigenvalue weighted by molar-refractivity contribution is 5.89. The third-order valence-corrected chi connectivity index (χ3v) is 2.34. The molecular weight excluding hydrogens is 202 g/mol. The SMILES string of the molecule is CC(=O)Nc1ccc(C)c(-c2ccco2)c1.